The minimum atomic E-state index is 0.717. The second-order valence-electron chi connectivity index (χ2n) is 6.59. The minimum absolute atomic E-state index is 0.717. The smallest absolute Gasteiger partial charge is 0.0224 e. The molecule has 0 spiro atoms. The Balaban J connectivity index is 1.81. The third-order valence-electron chi connectivity index (χ3n) is 5.17. The number of nitrogens with zero attached hydrogens (tertiary/aromatic N) is 1. The van der Waals surface area contributed by atoms with Crippen molar-refractivity contribution in [3.63, 3.8) is 0 Å². The third-order valence-corrected chi connectivity index (χ3v) is 6.21. The van der Waals surface area contributed by atoms with Gasteiger partial charge in [-0.2, -0.15) is 11.8 Å². The van der Waals surface area contributed by atoms with Gasteiger partial charge in [0.25, 0.3) is 0 Å². The van der Waals surface area contributed by atoms with Gasteiger partial charge in [0.1, 0.15) is 0 Å². The highest BCUT2D eigenvalue weighted by Gasteiger charge is 2.30. The lowest BCUT2D eigenvalue weighted by Crippen LogP contribution is -2.58. The molecule has 0 aromatic carbocycles. The summed E-state index contributed by atoms with van der Waals surface area (Å²) in [5.41, 5.74) is 0. The molecule has 3 unspecified atom stereocenters. The topological polar surface area (TPSA) is 15.3 Å². The van der Waals surface area contributed by atoms with Gasteiger partial charge >= 0.3 is 0 Å². The molecule has 1 heterocycles. The maximum absolute atomic E-state index is 3.82. The molecular formula is C16H32N2S. The predicted molar refractivity (Wildman–Crippen MR) is 87.0 cm³/mol. The summed E-state index contributed by atoms with van der Waals surface area (Å²) in [5.74, 6) is 0.946. The van der Waals surface area contributed by atoms with E-state index in [9.17, 15) is 0 Å². The van der Waals surface area contributed by atoms with Crippen LogP contribution in [0.4, 0.5) is 0 Å². The van der Waals surface area contributed by atoms with Crippen LogP contribution in [0.1, 0.15) is 52.4 Å². The number of thioether (sulfide) groups is 1. The SMILES string of the molecule is CSC(C)CCN1CC(C2CCCCC2)NCC1C. The van der Waals surface area contributed by atoms with Crippen molar-refractivity contribution in [3.8, 4) is 0 Å². The van der Waals surface area contributed by atoms with Crippen LogP contribution in [-0.2, 0) is 0 Å². The third kappa shape index (κ3) is 4.64. The lowest BCUT2D eigenvalue weighted by molar-refractivity contribution is 0.103. The van der Waals surface area contributed by atoms with E-state index in [2.05, 4.69) is 30.3 Å². The first-order valence-corrected chi connectivity index (χ1v) is 9.49. The molecule has 2 aliphatic rings. The zero-order chi connectivity index (χ0) is 13.7. The number of rotatable bonds is 5. The first-order chi connectivity index (χ1) is 9.20. The molecule has 1 saturated heterocycles. The Morgan fingerprint density at radius 2 is 2.00 bits per heavy atom. The second kappa shape index (κ2) is 7.90. The quantitative estimate of drug-likeness (QED) is 0.833. The van der Waals surface area contributed by atoms with Crippen molar-refractivity contribution in [3.05, 3.63) is 0 Å². The van der Waals surface area contributed by atoms with Crippen LogP contribution in [0.5, 0.6) is 0 Å². The van der Waals surface area contributed by atoms with Gasteiger partial charge in [0.2, 0.25) is 0 Å². The fourth-order valence-electron chi connectivity index (χ4n) is 3.58. The van der Waals surface area contributed by atoms with Crippen LogP contribution in [-0.4, -0.2) is 48.1 Å². The van der Waals surface area contributed by atoms with Crippen molar-refractivity contribution >= 4 is 11.8 Å². The van der Waals surface area contributed by atoms with Crippen molar-refractivity contribution in [1.29, 1.82) is 0 Å². The molecule has 0 aromatic heterocycles. The van der Waals surface area contributed by atoms with Gasteiger partial charge in [0.05, 0.1) is 0 Å². The molecule has 3 heteroatoms. The summed E-state index contributed by atoms with van der Waals surface area (Å²) in [6.45, 7) is 8.50. The number of nitrogens with one attached hydrogen (secondary N) is 1. The van der Waals surface area contributed by atoms with Crippen LogP contribution in [0.2, 0.25) is 0 Å². The Labute approximate surface area is 124 Å². The summed E-state index contributed by atoms with van der Waals surface area (Å²) in [6.07, 6.45) is 10.9. The summed E-state index contributed by atoms with van der Waals surface area (Å²) < 4.78 is 0. The van der Waals surface area contributed by atoms with E-state index in [1.54, 1.807) is 0 Å². The summed E-state index contributed by atoms with van der Waals surface area (Å²) >= 11 is 2.00. The van der Waals surface area contributed by atoms with Crippen LogP contribution in [0.3, 0.4) is 0 Å². The minimum Gasteiger partial charge on any atom is -0.311 e. The van der Waals surface area contributed by atoms with Gasteiger partial charge in [-0.25, -0.2) is 0 Å². The number of hydrogen-bond acceptors (Lipinski definition) is 3. The van der Waals surface area contributed by atoms with Gasteiger partial charge in [-0.3, -0.25) is 4.90 Å². The summed E-state index contributed by atoms with van der Waals surface area (Å²) in [4.78, 5) is 2.74. The highest BCUT2D eigenvalue weighted by molar-refractivity contribution is 7.99. The molecule has 2 fully saturated rings. The van der Waals surface area contributed by atoms with Gasteiger partial charge < -0.3 is 5.32 Å². The van der Waals surface area contributed by atoms with Crippen LogP contribution >= 0.6 is 11.8 Å². The molecule has 19 heavy (non-hydrogen) atoms. The van der Waals surface area contributed by atoms with Crippen LogP contribution in [0.15, 0.2) is 0 Å². The first kappa shape index (κ1) is 15.7. The lowest BCUT2D eigenvalue weighted by Gasteiger charge is -2.43. The zero-order valence-electron chi connectivity index (χ0n) is 13.0. The van der Waals surface area contributed by atoms with Crippen molar-refractivity contribution in [2.24, 2.45) is 5.92 Å². The Bertz CT molecular complexity index is 253. The highest BCUT2D eigenvalue weighted by atomic mass is 32.2. The maximum Gasteiger partial charge on any atom is 0.0224 e. The van der Waals surface area contributed by atoms with E-state index in [1.807, 2.05) is 11.8 Å². The van der Waals surface area contributed by atoms with Gasteiger partial charge in [0.15, 0.2) is 0 Å². The molecule has 0 radical (unpaired) electrons. The second-order valence-corrected chi connectivity index (χ2v) is 7.87. The predicted octanol–water partition coefficient (Wildman–Crippen LogP) is 3.37. The van der Waals surface area contributed by atoms with Crippen LogP contribution in [0, 0.1) is 5.92 Å². The Morgan fingerprint density at radius 1 is 1.26 bits per heavy atom. The average Bonchev–Trinajstić information content (AvgIpc) is 2.47. The summed E-state index contributed by atoms with van der Waals surface area (Å²) in [6, 6.07) is 1.48. The molecular weight excluding hydrogens is 252 g/mol. The van der Waals surface area contributed by atoms with Gasteiger partial charge in [0, 0.05) is 30.4 Å². The fraction of sp³-hybridized carbons (Fsp3) is 1.00. The summed E-state index contributed by atoms with van der Waals surface area (Å²) in [7, 11) is 0. The molecule has 2 nitrogen and oxygen atoms in total. The lowest BCUT2D eigenvalue weighted by atomic mass is 9.82. The van der Waals surface area contributed by atoms with E-state index in [0.717, 1.165) is 17.2 Å². The van der Waals surface area contributed by atoms with Crippen molar-refractivity contribution in [1.82, 2.24) is 10.2 Å². The maximum atomic E-state index is 3.82. The molecule has 0 amide bonds. The van der Waals surface area contributed by atoms with E-state index < -0.39 is 0 Å². The zero-order valence-corrected chi connectivity index (χ0v) is 13.8. The Morgan fingerprint density at radius 3 is 2.68 bits per heavy atom. The van der Waals surface area contributed by atoms with Crippen LogP contribution < -0.4 is 5.32 Å². The molecule has 1 aliphatic carbocycles. The largest absolute Gasteiger partial charge is 0.311 e. The molecule has 2 rings (SSSR count). The van der Waals surface area contributed by atoms with Crippen molar-refractivity contribution < 1.29 is 0 Å². The molecule has 1 aliphatic heterocycles. The normalized spacial score (nSPS) is 32.4. The molecule has 0 bridgehead atoms. The highest BCUT2D eigenvalue weighted by Crippen LogP contribution is 2.28. The molecule has 3 atom stereocenters. The standard InChI is InChI=1S/C16H32N2S/c1-13-11-17-16(15-7-5-4-6-8-15)12-18(13)10-9-14(2)19-3/h13-17H,4-12H2,1-3H3. The molecule has 1 saturated carbocycles. The van der Waals surface area contributed by atoms with Crippen molar-refractivity contribution in [2.45, 2.75) is 69.7 Å². The average molecular weight is 285 g/mol. The summed E-state index contributed by atoms with van der Waals surface area (Å²) in [5, 5.41) is 4.62. The van der Waals surface area contributed by atoms with E-state index in [4.69, 9.17) is 0 Å². The number of hydrogen-bond donors (Lipinski definition) is 1. The van der Waals surface area contributed by atoms with Gasteiger partial charge in [-0.1, -0.05) is 26.2 Å². The van der Waals surface area contributed by atoms with Gasteiger partial charge in [-0.15, -0.1) is 0 Å². The van der Waals surface area contributed by atoms with Crippen molar-refractivity contribution in [2.75, 3.05) is 25.9 Å². The first-order valence-electron chi connectivity index (χ1n) is 8.21. The Hall–Kier alpha value is 0.270. The molecule has 112 valence electrons. The van der Waals surface area contributed by atoms with Gasteiger partial charge in [-0.05, 0) is 44.9 Å². The van der Waals surface area contributed by atoms with E-state index in [0.29, 0.717) is 6.04 Å². The van der Waals surface area contributed by atoms with E-state index >= 15 is 0 Å². The Kier molecular flexibility index (Phi) is 6.51. The van der Waals surface area contributed by atoms with E-state index in [1.165, 1.54) is 58.2 Å². The molecule has 0 aromatic rings. The van der Waals surface area contributed by atoms with E-state index in [-0.39, 0.29) is 0 Å². The molecule has 1 N–H and O–H groups in total. The monoisotopic (exact) mass is 284 g/mol. The number of piperazine rings is 1. The fourth-order valence-corrected chi connectivity index (χ4v) is 3.92. The van der Waals surface area contributed by atoms with Crippen LogP contribution in [0.25, 0.3) is 0 Å².